The van der Waals surface area contributed by atoms with E-state index in [0.29, 0.717) is 18.8 Å². The highest BCUT2D eigenvalue weighted by Gasteiger charge is 2.41. The highest BCUT2D eigenvalue weighted by molar-refractivity contribution is 5.83. The first-order chi connectivity index (χ1) is 14.7. The monoisotopic (exact) mass is 437 g/mol. The third-order valence-electron chi connectivity index (χ3n) is 4.89. The molecule has 0 unspecified atom stereocenters. The van der Waals surface area contributed by atoms with Crippen LogP contribution in [0.25, 0.3) is 11.0 Å². The van der Waals surface area contributed by atoms with E-state index in [1.807, 2.05) is 18.7 Å². The quantitative estimate of drug-likeness (QED) is 0.551. The molecular weight excluding hydrogens is 415 g/mol. The second kappa shape index (κ2) is 8.89. The number of alkyl halides is 3. The minimum absolute atomic E-state index is 0.0151. The lowest BCUT2D eigenvalue weighted by molar-refractivity contribution is -0.154. The van der Waals surface area contributed by atoms with Crippen LogP contribution in [-0.2, 0) is 12.7 Å². The van der Waals surface area contributed by atoms with Crippen molar-refractivity contribution in [2.75, 3.05) is 20.2 Å². The average molecular weight is 437 g/mol. The molecule has 3 aromatic rings. The van der Waals surface area contributed by atoms with Gasteiger partial charge >= 0.3 is 6.18 Å². The number of phenolic OH excluding ortho intramolecular Hbond substituents is 1. The first kappa shape index (κ1) is 22.5. The van der Waals surface area contributed by atoms with Gasteiger partial charge in [-0.3, -0.25) is 9.69 Å². The molecule has 0 saturated heterocycles. The van der Waals surface area contributed by atoms with Gasteiger partial charge in [-0.1, -0.05) is 19.9 Å². The molecule has 31 heavy (non-hydrogen) atoms. The second-order valence-corrected chi connectivity index (χ2v) is 6.77. The zero-order chi connectivity index (χ0) is 22.8. The molecule has 9 heteroatoms. The Kier molecular flexibility index (Phi) is 6.45. The van der Waals surface area contributed by atoms with E-state index in [0.717, 1.165) is 0 Å². The van der Waals surface area contributed by atoms with E-state index < -0.39 is 23.1 Å². The van der Waals surface area contributed by atoms with Crippen molar-refractivity contribution in [2.24, 2.45) is 0 Å². The summed E-state index contributed by atoms with van der Waals surface area (Å²) in [4.78, 5) is 14.9. The summed E-state index contributed by atoms with van der Waals surface area (Å²) in [6.07, 6.45) is -5.00. The van der Waals surface area contributed by atoms with Crippen LogP contribution in [0.2, 0.25) is 0 Å². The normalized spacial score (nSPS) is 11.8. The third kappa shape index (κ3) is 4.61. The number of methoxy groups -OCH3 is 1. The van der Waals surface area contributed by atoms with Crippen LogP contribution in [0.1, 0.15) is 25.2 Å². The van der Waals surface area contributed by atoms with Crippen LogP contribution < -0.4 is 14.9 Å². The van der Waals surface area contributed by atoms with Crippen LogP contribution in [0.5, 0.6) is 23.0 Å². The first-order valence-corrected chi connectivity index (χ1v) is 9.62. The fraction of sp³-hybridized carbons (Fsp3) is 0.318. The summed E-state index contributed by atoms with van der Waals surface area (Å²) >= 11 is 0. The van der Waals surface area contributed by atoms with Gasteiger partial charge in [-0.15, -0.1) is 0 Å². The Bertz CT molecular complexity index is 1140. The molecule has 1 N–H and O–H groups in total. The molecule has 0 atom stereocenters. The second-order valence-electron chi connectivity index (χ2n) is 6.77. The first-order valence-electron chi connectivity index (χ1n) is 9.62. The maximum Gasteiger partial charge on any atom is 0.453 e. The average Bonchev–Trinajstić information content (AvgIpc) is 2.74. The van der Waals surface area contributed by atoms with E-state index >= 15 is 0 Å². The van der Waals surface area contributed by atoms with Crippen molar-refractivity contribution in [1.29, 1.82) is 0 Å². The zero-order valence-corrected chi connectivity index (χ0v) is 17.2. The van der Waals surface area contributed by atoms with Crippen molar-refractivity contribution in [2.45, 2.75) is 26.6 Å². The molecule has 0 fully saturated rings. The van der Waals surface area contributed by atoms with Gasteiger partial charge in [0.15, 0.2) is 0 Å². The fourth-order valence-corrected chi connectivity index (χ4v) is 3.17. The molecule has 166 valence electrons. The van der Waals surface area contributed by atoms with Crippen molar-refractivity contribution in [1.82, 2.24) is 4.90 Å². The number of fused-ring (bicyclic) bond motifs is 1. The van der Waals surface area contributed by atoms with Crippen molar-refractivity contribution in [3.05, 3.63) is 57.9 Å². The molecule has 0 saturated carbocycles. The molecule has 1 heterocycles. The lowest BCUT2D eigenvalue weighted by Crippen LogP contribution is -2.23. The van der Waals surface area contributed by atoms with E-state index in [2.05, 4.69) is 0 Å². The molecule has 0 spiro atoms. The minimum Gasteiger partial charge on any atom is -0.507 e. The summed E-state index contributed by atoms with van der Waals surface area (Å²) in [7, 11) is 1.40. The van der Waals surface area contributed by atoms with Crippen LogP contribution >= 0.6 is 0 Å². The topological polar surface area (TPSA) is 72.1 Å². The van der Waals surface area contributed by atoms with Gasteiger partial charge in [-0.05, 0) is 37.4 Å². The van der Waals surface area contributed by atoms with E-state index in [-0.39, 0.29) is 34.6 Å². The van der Waals surface area contributed by atoms with E-state index in [9.17, 15) is 23.1 Å². The molecule has 0 amide bonds. The highest BCUT2D eigenvalue weighted by atomic mass is 19.4. The number of halogens is 3. The Morgan fingerprint density at radius 3 is 2.39 bits per heavy atom. The van der Waals surface area contributed by atoms with Crippen LogP contribution in [0, 0.1) is 0 Å². The van der Waals surface area contributed by atoms with Crippen LogP contribution in [0.15, 0.2) is 45.6 Å². The lowest BCUT2D eigenvalue weighted by atomic mass is 10.1. The Morgan fingerprint density at radius 1 is 1.10 bits per heavy atom. The molecule has 3 rings (SSSR count). The molecule has 1 aromatic heterocycles. The maximum absolute atomic E-state index is 13.8. The fourth-order valence-electron chi connectivity index (χ4n) is 3.17. The number of benzene rings is 2. The summed E-state index contributed by atoms with van der Waals surface area (Å²) in [6, 6.07) is 8.34. The molecule has 0 aliphatic heterocycles. The molecule has 6 nitrogen and oxygen atoms in total. The number of ether oxygens (including phenoxy) is 2. The molecule has 0 aliphatic rings. The van der Waals surface area contributed by atoms with Gasteiger partial charge in [0.25, 0.3) is 5.76 Å². The Hall–Kier alpha value is -3.20. The van der Waals surface area contributed by atoms with Gasteiger partial charge in [-0.25, -0.2) is 0 Å². The SMILES string of the molecule is CCN(CC)Cc1c(O)ccc2c(=O)c(Oc3cccc(OC)c3)c(C(F)(F)F)oc12. The third-order valence-corrected chi connectivity index (χ3v) is 4.89. The Labute approximate surface area is 176 Å². The van der Waals surface area contributed by atoms with Gasteiger partial charge in [0.1, 0.15) is 22.8 Å². The van der Waals surface area contributed by atoms with Crippen molar-refractivity contribution in [3.63, 3.8) is 0 Å². The number of rotatable bonds is 7. The van der Waals surface area contributed by atoms with Gasteiger partial charge < -0.3 is 19.0 Å². The lowest BCUT2D eigenvalue weighted by Gasteiger charge is -2.20. The smallest absolute Gasteiger partial charge is 0.453 e. The van der Waals surface area contributed by atoms with Crippen molar-refractivity contribution in [3.8, 4) is 23.0 Å². The predicted molar refractivity (Wildman–Crippen MR) is 109 cm³/mol. The molecule has 0 bridgehead atoms. The van der Waals surface area contributed by atoms with Gasteiger partial charge in [0.2, 0.25) is 11.2 Å². The summed E-state index contributed by atoms with van der Waals surface area (Å²) < 4.78 is 57.0. The van der Waals surface area contributed by atoms with Crippen molar-refractivity contribution < 1.29 is 32.2 Å². The Balaban J connectivity index is 2.25. The van der Waals surface area contributed by atoms with Crippen molar-refractivity contribution >= 4 is 11.0 Å². The Morgan fingerprint density at radius 2 is 1.77 bits per heavy atom. The number of hydrogen-bond donors (Lipinski definition) is 1. The number of phenols is 1. The summed E-state index contributed by atoms with van der Waals surface area (Å²) in [5.41, 5.74) is -1.20. The summed E-state index contributed by atoms with van der Waals surface area (Å²) in [5, 5.41) is 10.2. The van der Waals surface area contributed by atoms with Gasteiger partial charge in [0, 0.05) is 12.6 Å². The maximum atomic E-state index is 13.8. The van der Waals surface area contributed by atoms with E-state index in [4.69, 9.17) is 13.9 Å². The van der Waals surface area contributed by atoms with Crippen LogP contribution in [0.3, 0.4) is 0 Å². The largest absolute Gasteiger partial charge is 0.507 e. The number of hydrogen-bond acceptors (Lipinski definition) is 6. The summed E-state index contributed by atoms with van der Waals surface area (Å²) in [5.74, 6) is -2.47. The zero-order valence-electron chi connectivity index (χ0n) is 17.2. The van der Waals surface area contributed by atoms with Crippen LogP contribution in [0.4, 0.5) is 13.2 Å². The number of aromatic hydroxyl groups is 1. The molecular formula is C22H22F3NO5. The molecule has 2 aromatic carbocycles. The van der Waals surface area contributed by atoms with Gasteiger partial charge in [0.05, 0.1) is 18.1 Å². The molecule has 0 radical (unpaired) electrons. The van der Waals surface area contributed by atoms with E-state index in [1.54, 1.807) is 6.07 Å². The standard InChI is InChI=1S/C22H22F3NO5/c1-4-26(5-2)12-16-17(27)10-9-15-18(28)20(21(22(23,24)25)31-19(15)16)30-14-8-6-7-13(11-14)29-3/h6-11,27H,4-5,12H2,1-3H3. The van der Waals surface area contributed by atoms with Crippen LogP contribution in [-0.4, -0.2) is 30.2 Å². The highest BCUT2D eigenvalue weighted by Crippen LogP contribution is 2.40. The predicted octanol–water partition coefficient (Wildman–Crippen LogP) is 5.16. The molecule has 0 aliphatic carbocycles. The number of nitrogens with zero attached hydrogens (tertiary/aromatic N) is 1. The minimum atomic E-state index is -5.00. The van der Waals surface area contributed by atoms with Gasteiger partial charge in [-0.2, -0.15) is 13.2 Å². The summed E-state index contributed by atoms with van der Waals surface area (Å²) in [6.45, 7) is 5.07. The van der Waals surface area contributed by atoms with E-state index in [1.165, 1.54) is 37.4 Å².